The van der Waals surface area contributed by atoms with Crippen LogP contribution in [0.25, 0.3) is 11.4 Å². The Balaban J connectivity index is 2.21. The predicted molar refractivity (Wildman–Crippen MR) is 71.7 cm³/mol. The number of carbonyl (C=O) groups is 1. The van der Waals surface area contributed by atoms with Crippen molar-refractivity contribution in [1.82, 2.24) is 9.97 Å². The van der Waals surface area contributed by atoms with Crippen molar-refractivity contribution in [2.45, 2.75) is 12.5 Å². The first kappa shape index (κ1) is 13.5. The molecule has 0 spiro atoms. The van der Waals surface area contributed by atoms with E-state index in [0.29, 0.717) is 16.4 Å². The summed E-state index contributed by atoms with van der Waals surface area (Å²) in [4.78, 5) is 18.9. The second-order valence-electron chi connectivity index (χ2n) is 4.05. The summed E-state index contributed by atoms with van der Waals surface area (Å²) in [5, 5.41) is 9.28. The van der Waals surface area contributed by atoms with Crippen molar-refractivity contribution >= 4 is 17.6 Å². The van der Waals surface area contributed by atoms with Gasteiger partial charge < -0.3 is 10.8 Å². The summed E-state index contributed by atoms with van der Waals surface area (Å²) in [6, 6.07) is 6.57. The van der Waals surface area contributed by atoms with Crippen molar-refractivity contribution in [3.05, 3.63) is 47.2 Å². The fourth-order valence-corrected chi connectivity index (χ4v) is 1.80. The number of carboxylic acid groups (broad SMARTS) is 1. The molecule has 0 saturated heterocycles. The molecular formula is C13H12ClN3O2. The van der Waals surface area contributed by atoms with Crippen LogP contribution in [0.5, 0.6) is 0 Å². The van der Waals surface area contributed by atoms with Crippen molar-refractivity contribution in [2.24, 2.45) is 5.73 Å². The van der Waals surface area contributed by atoms with Gasteiger partial charge >= 0.3 is 5.97 Å². The zero-order chi connectivity index (χ0) is 13.8. The molecule has 0 radical (unpaired) electrons. The van der Waals surface area contributed by atoms with E-state index in [-0.39, 0.29) is 6.42 Å². The molecule has 5 nitrogen and oxygen atoms in total. The Kier molecular flexibility index (Phi) is 4.09. The van der Waals surface area contributed by atoms with Gasteiger partial charge in [0.25, 0.3) is 0 Å². The van der Waals surface area contributed by atoms with Crippen LogP contribution >= 0.6 is 11.6 Å². The minimum absolute atomic E-state index is 0.153. The molecule has 1 aromatic carbocycles. The number of hydrogen-bond donors (Lipinski definition) is 2. The average molecular weight is 278 g/mol. The molecule has 0 bridgehead atoms. The Bertz CT molecular complexity index is 587. The zero-order valence-corrected chi connectivity index (χ0v) is 10.7. The van der Waals surface area contributed by atoms with E-state index >= 15 is 0 Å². The minimum atomic E-state index is -0.952. The highest BCUT2D eigenvalue weighted by Gasteiger charge is 2.12. The molecule has 1 atom stereocenters. The lowest BCUT2D eigenvalue weighted by Gasteiger charge is -2.08. The predicted octanol–water partition coefficient (Wildman–Crippen LogP) is 2.27. The van der Waals surface area contributed by atoms with Crippen LogP contribution < -0.4 is 5.73 Å². The van der Waals surface area contributed by atoms with Gasteiger partial charge in [0, 0.05) is 34.6 Å². The third-order valence-corrected chi connectivity index (χ3v) is 2.81. The lowest BCUT2D eigenvalue weighted by molar-refractivity contribution is -0.137. The first-order chi connectivity index (χ1) is 9.06. The van der Waals surface area contributed by atoms with Crippen LogP contribution in [-0.4, -0.2) is 21.0 Å². The largest absolute Gasteiger partial charge is 0.481 e. The number of benzene rings is 1. The van der Waals surface area contributed by atoms with Crippen LogP contribution in [0.1, 0.15) is 18.0 Å². The van der Waals surface area contributed by atoms with Gasteiger partial charge in [-0.25, -0.2) is 9.97 Å². The smallest absolute Gasteiger partial charge is 0.305 e. The molecule has 1 heterocycles. The first-order valence-electron chi connectivity index (χ1n) is 5.61. The Morgan fingerprint density at radius 1 is 1.37 bits per heavy atom. The van der Waals surface area contributed by atoms with Gasteiger partial charge in [-0.3, -0.25) is 4.79 Å². The van der Waals surface area contributed by atoms with Gasteiger partial charge in [0.2, 0.25) is 0 Å². The van der Waals surface area contributed by atoms with Gasteiger partial charge in [-0.1, -0.05) is 23.7 Å². The van der Waals surface area contributed by atoms with E-state index in [1.807, 2.05) is 12.1 Å². The molecule has 98 valence electrons. The van der Waals surface area contributed by atoms with Gasteiger partial charge in [0.15, 0.2) is 5.82 Å². The van der Waals surface area contributed by atoms with Crippen LogP contribution in [-0.2, 0) is 4.79 Å². The number of halogens is 1. The summed E-state index contributed by atoms with van der Waals surface area (Å²) in [7, 11) is 0. The maximum atomic E-state index is 10.6. The molecule has 0 aliphatic carbocycles. The Morgan fingerprint density at radius 2 is 2.05 bits per heavy atom. The average Bonchev–Trinajstić information content (AvgIpc) is 2.38. The molecule has 0 saturated carbocycles. The lowest BCUT2D eigenvalue weighted by atomic mass is 10.1. The van der Waals surface area contributed by atoms with Crippen LogP contribution in [0, 0.1) is 0 Å². The number of rotatable bonds is 4. The summed E-state index contributed by atoms with van der Waals surface area (Å²) in [6.45, 7) is 0. The molecule has 0 aliphatic heterocycles. The molecule has 0 aliphatic rings. The summed E-state index contributed by atoms with van der Waals surface area (Å²) in [5.41, 5.74) is 7.11. The highest BCUT2D eigenvalue weighted by atomic mass is 35.5. The third kappa shape index (κ3) is 3.49. The van der Waals surface area contributed by atoms with E-state index < -0.39 is 12.0 Å². The number of aliphatic carboxylic acids is 1. The molecule has 1 aromatic heterocycles. The molecule has 19 heavy (non-hydrogen) atoms. The Morgan fingerprint density at radius 3 is 2.63 bits per heavy atom. The Labute approximate surface area is 115 Å². The molecule has 6 heteroatoms. The third-order valence-electron chi connectivity index (χ3n) is 2.58. The number of hydrogen-bond acceptors (Lipinski definition) is 4. The van der Waals surface area contributed by atoms with Crippen molar-refractivity contribution in [3.8, 4) is 11.4 Å². The number of aromatic nitrogens is 2. The Hall–Kier alpha value is -1.98. The van der Waals surface area contributed by atoms with E-state index in [0.717, 1.165) is 5.56 Å². The van der Waals surface area contributed by atoms with E-state index in [1.165, 1.54) is 12.4 Å². The van der Waals surface area contributed by atoms with Crippen molar-refractivity contribution in [3.63, 3.8) is 0 Å². The topological polar surface area (TPSA) is 89.1 Å². The van der Waals surface area contributed by atoms with E-state index in [4.69, 9.17) is 22.4 Å². The highest BCUT2D eigenvalue weighted by Crippen LogP contribution is 2.20. The maximum Gasteiger partial charge on any atom is 0.305 e. The van der Waals surface area contributed by atoms with Gasteiger partial charge in [0.05, 0.1) is 6.42 Å². The molecule has 0 unspecified atom stereocenters. The molecule has 0 fully saturated rings. The van der Waals surface area contributed by atoms with Crippen molar-refractivity contribution < 1.29 is 9.90 Å². The molecule has 2 rings (SSSR count). The van der Waals surface area contributed by atoms with Gasteiger partial charge in [0.1, 0.15) is 0 Å². The minimum Gasteiger partial charge on any atom is -0.481 e. The molecular weight excluding hydrogens is 266 g/mol. The molecule has 3 N–H and O–H groups in total. The number of nitrogens with zero attached hydrogens (tertiary/aromatic N) is 2. The zero-order valence-electron chi connectivity index (χ0n) is 9.95. The van der Waals surface area contributed by atoms with Crippen LogP contribution in [0.2, 0.25) is 5.02 Å². The fraction of sp³-hybridized carbons (Fsp3) is 0.154. The van der Waals surface area contributed by atoms with Crippen LogP contribution in [0.15, 0.2) is 36.7 Å². The second-order valence-corrected chi connectivity index (χ2v) is 4.49. The van der Waals surface area contributed by atoms with Crippen molar-refractivity contribution in [1.29, 1.82) is 0 Å². The SMILES string of the molecule is N[C@@H](CC(=O)O)c1cnc(-c2cccc(Cl)c2)nc1. The van der Waals surface area contributed by atoms with Gasteiger partial charge in [-0.15, -0.1) is 0 Å². The van der Waals surface area contributed by atoms with E-state index in [1.54, 1.807) is 12.1 Å². The van der Waals surface area contributed by atoms with Gasteiger partial charge in [-0.05, 0) is 12.1 Å². The normalized spacial score (nSPS) is 12.1. The van der Waals surface area contributed by atoms with Crippen molar-refractivity contribution in [2.75, 3.05) is 0 Å². The monoisotopic (exact) mass is 277 g/mol. The fourth-order valence-electron chi connectivity index (χ4n) is 1.61. The van der Waals surface area contributed by atoms with E-state index in [2.05, 4.69) is 9.97 Å². The lowest BCUT2D eigenvalue weighted by Crippen LogP contribution is -2.15. The van der Waals surface area contributed by atoms with E-state index in [9.17, 15) is 4.79 Å². The first-order valence-corrected chi connectivity index (χ1v) is 5.99. The highest BCUT2D eigenvalue weighted by molar-refractivity contribution is 6.30. The summed E-state index contributed by atoms with van der Waals surface area (Å²) in [5.74, 6) is -0.430. The standard InChI is InChI=1S/C13H12ClN3O2/c14-10-3-1-2-8(4-10)13-16-6-9(7-17-13)11(15)5-12(18)19/h1-4,6-7,11H,5,15H2,(H,18,19)/t11-/m0/s1. The maximum absolute atomic E-state index is 10.6. The summed E-state index contributed by atoms with van der Waals surface area (Å²) < 4.78 is 0. The quantitative estimate of drug-likeness (QED) is 0.895. The van der Waals surface area contributed by atoms with Crippen LogP contribution in [0.3, 0.4) is 0 Å². The number of carboxylic acids is 1. The second kappa shape index (κ2) is 5.77. The van der Waals surface area contributed by atoms with Gasteiger partial charge in [-0.2, -0.15) is 0 Å². The van der Waals surface area contributed by atoms with Crippen LogP contribution in [0.4, 0.5) is 0 Å². The molecule has 0 amide bonds. The molecule has 2 aromatic rings. The number of nitrogens with two attached hydrogens (primary N) is 1. The summed E-state index contributed by atoms with van der Waals surface area (Å²) in [6.07, 6.45) is 2.92. The summed E-state index contributed by atoms with van der Waals surface area (Å²) >= 11 is 5.89.